The van der Waals surface area contributed by atoms with E-state index in [1.807, 2.05) is 36.4 Å². The van der Waals surface area contributed by atoms with Gasteiger partial charge in [0.2, 0.25) is 0 Å². The molecule has 0 radical (unpaired) electrons. The second kappa shape index (κ2) is 12.2. The summed E-state index contributed by atoms with van der Waals surface area (Å²) in [7, 11) is 2.86. The lowest BCUT2D eigenvalue weighted by Crippen LogP contribution is -2.26. The van der Waals surface area contributed by atoms with E-state index in [1.54, 1.807) is 13.0 Å². The van der Waals surface area contributed by atoms with Gasteiger partial charge in [-0.05, 0) is 24.5 Å². The number of carbonyl (C=O) groups excluding carboxylic acids is 2. The van der Waals surface area contributed by atoms with Gasteiger partial charge in [0, 0.05) is 26.7 Å². The summed E-state index contributed by atoms with van der Waals surface area (Å²) >= 11 is 6.61. The zero-order chi connectivity index (χ0) is 27.2. The van der Waals surface area contributed by atoms with Crippen LogP contribution in [-0.2, 0) is 27.3 Å². The number of halogens is 4. The Morgan fingerprint density at radius 2 is 1.95 bits per heavy atom. The molecule has 198 valence electrons. The Morgan fingerprint density at radius 1 is 1.24 bits per heavy atom. The fraction of sp³-hybridized carbons (Fsp3) is 0.346. The number of Topliss-reactive ketones (excluding diaryl/α,β-unsaturated/α-hetero) is 1. The molecule has 1 aliphatic carbocycles. The number of alkyl halides is 3. The minimum Gasteiger partial charge on any atom is -0.462 e. The lowest BCUT2D eigenvalue weighted by molar-refractivity contribution is -0.164. The van der Waals surface area contributed by atoms with Gasteiger partial charge in [-0.15, -0.1) is 0 Å². The third-order valence-electron chi connectivity index (χ3n) is 5.29. The van der Waals surface area contributed by atoms with E-state index in [0.717, 1.165) is 11.8 Å². The predicted octanol–water partition coefficient (Wildman–Crippen LogP) is 5.47. The molecule has 0 aliphatic heterocycles. The van der Waals surface area contributed by atoms with E-state index < -0.39 is 35.4 Å². The van der Waals surface area contributed by atoms with Crippen molar-refractivity contribution < 1.29 is 36.8 Å². The highest BCUT2D eigenvalue weighted by atomic mass is 35.5. The molecule has 0 saturated carbocycles. The lowest BCUT2D eigenvalue weighted by atomic mass is 9.96. The summed E-state index contributed by atoms with van der Waals surface area (Å²) in [5.41, 5.74) is 0.238. The Bertz CT molecular complexity index is 1220. The molecule has 0 N–H and O–H groups in total. The molecule has 2 aromatic rings. The van der Waals surface area contributed by atoms with E-state index in [-0.39, 0.29) is 24.3 Å². The summed E-state index contributed by atoms with van der Waals surface area (Å²) in [4.78, 5) is 26.2. The van der Waals surface area contributed by atoms with Gasteiger partial charge in [0.1, 0.15) is 11.3 Å². The van der Waals surface area contributed by atoms with E-state index in [0.29, 0.717) is 23.6 Å². The van der Waals surface area contributed by atoms with Crippen molar-refractivity contribution in [1.82, 2.24) is 10.1 Å². The molecule has 1 heterocycles. The van der Waals surface area contributed by atoms with E-state index in [4.69, 9.17) is 25.6 Å². The number of rotatable bonds is 10. The zero-order valence-corrected chi connectivity index (χ0v) is 21.2. The Hall–Kier alpha value is -3.37. The molecule has 7 nitrogen and oxygen atoms in total. The monoisotopic (exact) mass is 538 g/mol. The third-order valence-corrected chi connectivity index (χ3v) is 5.77. The van der Waals surface area contributed by atoms with Gasteiger partial charge in [-0.2, -0.15) is 13.2 Å². The van der Waals surface area contributed by atoms with Gasteiger partial charge < -0.3 is 18.9 Å². The minimum absolute atomic E-state index is 0.0189. The fourth-order valence-corrected chi connectivity index (χ4v) is 3.91. The number of nitrogens with zero attached hydrogens (tertiary/aromatic N) is 2. The number of ether oxygens (including phenoxy) is 2. The summed E-state index contributed by atoms with van der Waals surface area (Å²) in [5, 5.41) is 4.21. The van der Waals surface area contributed by atoms with E-state index in [9.17, 15) is 22.8 Å². The van der Waals surface area contributed by atoms with Gasteiger partial charge in [-0.25, -0.2) is 4.79 Å². The van der Waals surface area contributed by atoms with Crippen LogP contribution in [0.2, 0.25) is 0 Å². The Labute approximate surface area is 217 Å². The first-order valence-electron chi connectivity index (χ1n) is 11.4. The average Bonchev–Trinajstić information content (AvgIpc) is 3.26. The molecule has 0 fully saturated rings. The molecule has 0 saturated heterocycles. The average molecular weight is 539 g/mol. The van der Waals surface area contributed by atoms with Gasteiger partial charge in [0.25, 0.3) is 5.78 Å². The van der Waals surface area contributed by atoms with Crippen LogP contribution in [0.3, 0.4) is 0 Å². The number of hydrogen-bond donors (Lipinski definition) is 0. The summed E-state index contributed by atoms with van der Waals surface area (Å²) in [5.74, 6) is -3.78. The standard InChI is InChI=1S/C26H26ClF3N2O5/c1-4-35-25(34)21-19(31-37-23(21)18(14-32(2)3)24(33)26(28,29)30)13-17-11-8-12-20(22(17)27)36-15-16-9-6-5-7-10-16/h5-11,14,20H,4,12-13,15H2,1-3H3/b18-14-. The van der Waals surface area contributed by atoms with Crippen molar-refractivity contribution in [2.45, 2.75) is 38.7 Å². The number of hydrogen-bond acceptors (Lipinski definition) is 7. The van der Waals surface area contributed by atoms with Crippen LogP contribution < -0.4 is 0 Å². The summed E-state index contributed by atoms with van der Waals surface area (Å²) in [6.45, 7) is 1.81. The maximum absolute atomic E-state index is 13.4. The first-order valence-corrected chi connectivity index (χ1v) is 11.8. The van der Waals surface area contributed by atoms with Gasteiger partial charge in [-0.1, -0.05) is 59.2 Å². The zero-order valence-electron chi connectivity index (χ0n) is 20.5. The summed E-state index contributed by atoms with van der Waals surface area (Å²) in [6.07, 6.45) is -0.730. The maximum Gasteiger partial charge on any atom is 0.455 e. The molecular weight excluding hydrogens is 513 g/mol. The van der Waals surface area contributed by atoms with Gasteiger partial charge in [0.05, 0.1) is 29.9 Å². The predicted molar refractivity (Wildman–Crippen MR) is 131 cm³/mol. The molecule has 3 rings (SSSR count). The van der Waals surface area contributed by atoms with Crippen LogP contribution in [0.4, 0.5) is 13.2 Å². The molecule has 37 heavy (non-hydrogen) atoms. The number of ketones is 1. The van der Waals surface area contributed by atoms with Crippen LogP contribution in [-0.4, -0.2) is 54.8 Å². The highest BCUT2D eigenvalue weighted by Crippen LogP contribution is 2.34. The van der Waals surface area contributed by atoms with E-state index >= 15 is 0 Å². The van der Waals surface area contributed by atoms with Crippen LogP contribution >= 0.6 is 11.6 Å². The number of carbonyl (C=O) groups is 2. The molecule has 1 atom stereocenters. The fourth-order valence-electron chi connectivity index (χ4n) is 3.63. The van der Waals surface area contributed by atoms with Crippen LogP contribution in [0.1, 0.15) is 40.7 Å². The number of benzene rings is 1. The van der Waals surface area contributed by atoms with Crippen molar-refractivity contribution in [2.75, 3.05) is 20.7 Å². The molecule has 0 spiro atoms. The van der Waals surface area contributed by atoms with Gasteiger partial charge >= 0.3 is 12.1 Å². The topological polar surface area (TPSA) is 81.9 Å². The van der Waals surface area contributed by atoms with Gasteiger partial charge in [-0.3, -0.25) is 4.79 Å². The van der Waals surface area contributed by atoms with Crippen molar-refractivity contribution >= 4 is 28.9 Å². The molecule has 0 bridgehead atoms. The van der Waals surface area contributed by atoms with Crippen molar-refractivity contribution in [3.63, 3.8) is 0 Å². The lowest BCUT2D eigenvalue weighted by Gasteiger charge is -2.21. The molecule has 1 aromatic heterocycles. The highest BCUT2D eigenvalue weighted by Gasteiger charge is 2.44. The molecule has 1 unspecified atom stereocenters. The van der Waals surface area contributed by atoms with Crippen molar-refractivity contribution in [2.24, 2.45) is 0 Å². The van der Waals surface area contributed by atoms with Crippen molar-refractivity contribution in [3.05, 3.63) is 81.9 Å². The number of aromatic nitrogens is 1. The molecule has 1 aliphatic rings. The quantitative estimate of drug-likeness (QED) is 0.293. The highest BCUT2D eigenvalue weighted by molar-refractivity contribution is 6.31. The van der Waals surface area contributed by atoms with E-state index in [2.05, 4.69) is 5.16 Å². The summed E-state index contributed by atoms with van der Waals surface area (Å²) in [6, 6.07) is 9.52. The Kier molecular flexibility index (Phi) is 9.34. The molecule has 1 aromatic carbocycles. The summed E-state index contributed by atoms with van der Waals surface area (Å²) < 4.78 is 56.2. The Morgan fingerprint density at radius 3 is 2.57 bits per heavy atom. The smallest absolute Gasteiger partial charge is 0.455 e. The van der Waals surface area contributed by atoms with Crippen LogP contribution in [0, 0.1) is 0 Å². The van der Waals surface area contributed by atoms with Gasteiger partial charge in [0.15, 0.2) is 5.76 Å². The Balaban J connectivity index is 1.97. The third kappa shape index (κ3) is 7.11. The minimum atomic E-state index is -5.21. The number of esters is 1. The number of allylic oxidation sites excluding steroid dienone is 3. The molecule has 0 amide bonds. The van der Waals surface area contributed by atoms with Crippen molar-refractivity contribution in [3.8, 4) is 0 Å². The second-order valence-corrected chi connectivity index (χ2v) is 8.77. The normalized spacial score (nSPS) is 16.2. The van der Waals surface area contributed by atoms with Crippen molar-refractivity contribution in [1.29, 1.82) is 0 Å². The first kappa shape index (κ1) is 28.2. The largest absolute Gasteiger partial charge is 0.462 e. The molecular formula is C26H26ClF3N2O5. The second-order valence-electron chi connectivity index (χ2n) is 8.36. The van der Waals surface area contributed by atoms with Crippen LogP contribution in [0.25, 0.3) is 5.57 Å². The molecule has 11 heteroatoms. The van der Waals surface area contributed by atoms with E-state index in [1.165, 1.54) is 19.0 Å². The first-order chi connectivity index (χ1) is 17.5. The maximum atomic E-state index is 13.4. The van der Waals surface area contributed by atoms with Crippen LogP contribution in [0.5, 0.6) is 0 Å². The van der Waals surface area contributed by atoms with Crippen LogP contribution in [0.15, 0.2) is 63.8 Å². The SMILES string of the molecule is CCOC(=O)c1c(CC2=C(Cl)C(OCc3ccccc3)CC=C2)noc1/C(=C/N(C)C)C(=O)C(F)(F)F.